The van der Waals surface area contributed by atoms with Crippen molar-refractivity contribution >= 4 is 5.97 Å². The van der Waals surface area contributed by atoms with Crippen molar-refractivity contribution < 1.29 is 14.6 Å². The number of ether oxygens (including phenoxy) is 1. The highest BCUT2D eigenvalue weighted by Crippen LogP contribution is 2.39. The molecule has 1 saturated carbocycles. The van der Waals surface area contributed by atoms with Crippen molar-refractivity contribution in [2.75, 3.05) is 0 Å². The Labute approximate surface area is 113 Å². The van der Waals surface area contributed by atoms with Crippen molar-refractivity contribution in [2.45, 2.75) is 44.3 Å². The molecule has 0 spiro atoms. The number of carbonyl (C=O) groups is 1. The van der Waals surface area contributed by atoms with Crippen LogP contribution < -0.4 is 0 Å². The molecule has 1 aromatic carbocycles. The van der Waals surface area contributed by atoms with Gasteiger partial charge in [-0.15, -0.1) is 0 Å². The molecule has 3 rings (SSSR count). The highest BCUT2D eigenvalue weighted by atomic mass is 16.6. The van der Waals surface area contributed by atoms with E-state index in [-0.39, 0.29) is 18.0 Å². The van der Waals surface area contributed by atoms with Gasteiger partial charge >= 0.3 is 5.97 Å². The third-order valence-corrected chi connectivity index (χ3v) is 4.15. The fraction of sp³-hybridized carbons (Fsp3) is 0.562. The quantitative estimate of drug-likeness (QED) is 0.826. The van der Waals surface area contributed by atoms with Gasteiger partial charge in [-0.2, -0.15) is 0 Å². The smallest absolute Gasteiger partial charge is 0.309 e. The van der Waals surface area contributed by atoms with Crippen molar-refractivity contribution in [1.82, 2.24) is 0 Å². The second-order valence-corrected chi connectivity index (χ2v) is 5.84. The average molecular weight is 260 g/mol. The molecule has 0 radical (unpaired) electrons. The van der Waals surface area contributed by atoms with E-state index in [0.717, 1.165) is 17.9 Å². The van der Waals surface area contributed by atoms with Crippen molar-refractivity contribution in [1.29, 1.82) is 0 Å². The Balaban J connectivity index is 1.55. The Hall–Kier alpha value is -1.35. The minimum absolute atomic E-state index is 0.0166. The second kappa shape index (κ2) is 5.33. The molecule has 2 aliphatic rings. The Morgan fingerprint density at radius 2 is 2.00 bits per heavy atom. The molecule has 1 N–H and O–H groups in total. The summed E-state index contributed by atoms with van der Waals surface area (Å²) in [6, 6.07) is 9.84. The summed E-state index contributed by atoms with van der Waals surface area (Å²) in [7, 11) is 0. The summed E-state index contributed by atoms with van der Waals surface area (Å²) < 4.78 is 5.35. The first kappa shape index (κ1) is 12.7. The van der Waals surface area contributed by atoms with Crippen molar-refractivity contribution in [2.24, 2.45) is 11.8 Å². The van der Waals surface area contributed by atoms with E-state index in [1.165, 1.54) is 12.8 Å². The zero-order valence-corrected chi connectivity index (χ0v) is 11.0. The summed E-state index contributed by atoms with van der Waals surface area (Å²) in [5.41, 5.74) is 1.08. The Morgan fingerprint density at radius 3 is 2.68 bits per heavy atom. The standard InChI is InChI=1S/C16H20O3/c17-14(9-11-4-2-1-3-5-11)15-10-13(16(18)19-15)8-12-6-7-12/h1-5,12-15,17H,6-10H2. The van der Waals surface area contributed by atoms with Gasteiger partial charge in [0, 0.05) is 12.8 Å². The van der Waals surface area contributed by atoms with Gasteiger partial charge in [0.1, 0.15) is 6.10 Å². The maximum Gasteiger partial charge on any atom is 0.309 e. The molecule has 19 heavy (non-hydrogen) atoms. The lowest BCUT2D eigenvalue weighted by atomic mass is 9.94. The highest BCUT2D eigenvalue weighted by molar-refractivity contribution is 5.74. The van der Waals surface area contributed by atoms with Gasteiger partial charge in [-0.1, -0.05) is 43.2 Å². The summed E-state index contributed by atoms with van der Waals surface area (Å²) in [5.74, 6) is 0.634. The number of benzene rings is 1. The number of carbonyl (C=O) groups excluding carboxylic acids is 1. The molecular formula is C16H20O3. The number of hydrogen-bond acceptors (Lipinski definition) is 3. The molecule has 0 amide bonds. The third-order valence-electron chi connectivity index (χ3n) is 4.15. The summed E-state index contributed by atoms with van der Waals surface area (Å²) in [5, 5.41) is 10.2. The Kier molecular flexibility index (Phi) is 3.56. The van der Waals surface area contributed by atoms with Crippen LogP contribution in [0.15, 0.2) is 30.3 Å². The molecule has 2 fully saturated rings. The summed E-state index contributed by atoms with van der Waals surface area (Å²) in [6.07, 6.45) is 3.78. The van der Waals surface area contributed by atoms with Crippen LogP contribution >= 0.6 is 0 Å². The lowest BCUT2D eigenvalue weighted by molar-refractivity contribution is -0.148. The van der Waals surface area contributed by atoms with Crippen molar-refractivity contribution in [3.8, 4) is 0 Å². The van der Waals surface area contributed by atoms with Crippen LogP contribution in [0.1, 0.15) is 31.2 Å². The van der Waals surface area contributed by atoms with E-state index in [1.54, 1.807) is 0 Å². The fourth-order valence-corrected chi connectivity index (χ4v) is 2.84. The van der Waals surface area contributed by atoms with Crippen LogP contribution in [0.2, 0.25) is 0 Å². The highest BCUT2D eigenvalue weighted by Gasteiger charge is 2.40. The molecule has 0 bridgehead atoms. The predicted molar refractivity (Wildman–Crippen MR) is 71.5 cm³/mol. The minimum atomic E-state index is -0.587. The molecular weight excluding hydrogens is 240 g/mol. The van der Waals surface area contributed by atoms with E-state index < -0.39 is 6.10 Å². The first-order valence-electron chi connectivity index (χ1n) is 7.15. The van der Waals surface area contributed by atoms with Crippen molar-refractivity contribution in [3.05, 3.63) is 35.9 Å². The zero-order chi connectivity index (χ0) is 13.2. The summed E-state index contributed by atoms with van der Waals surface area (Å²) in [4.78, 5) is 11.8. The molecule has 3 atom stereocenters. The van der Waals surface area contributed by atoms with E-state index in [4.69, 9.17) is 4.74 Å². The van der Waals surface area contributed by atoms with Crippen LogP contribution in [0.5, 0.6) is 0 Å². The first-order valence-corrected chi connectivity index (χ1v) is 7.15. The van der Waals surface area contributed by atoms with E-state index in [2.05, 4.69) is 0 Å². The zero-order valence-electron chi connectivity index (χ0n) is 11.0. The third kappa shape index (κ3) is 3.16. The van der Waals surface area contributed by atoms with Gasteiger partial charge < -0.3 is 9.84 Å². The fourth-order valence-electron chi connectivity index (χ4n) is 2.84. The van der Waals surface area contributed by atoms with E-state index in [1.807, 2.05) is 30.3 Å². The van der Waals surface area contributed by atoms with Crippen LogP contribution in [0.4, 0.5) is 0 Å². The van der Waals surface area contributed by atoms with Crippen molar-refractivity contribution in [3.63, 3.8) is 0 Å². The lowest BCUT2D eigenvalue weighted by Gasteiger charge is -2.16. The van der Waals surface area contributed by atoms with Crippen LogP contribution in [-0.4, -0.2) is 23.3 Å². The lowest BCUT2D eigenvalue weighted by Crippen LogP contribution is -2.27. The van der Waals surface area contributed by atoms with E-state index >= 15 is 0 Å². The van der Waals surface area contributed by atoms with Gasteiger partial charge in [-0.25, -0.2) is 0 Å². The van der Waals surface area contributed by atoms with Gasteiger partial charge in [0.2, 0.25) is 0 Å². The normalized spacial score (nSPS) is 28.2. The molecule has 3 unspecified atom stereocenters. The van der Waals surface area contributed by atoms with Gasteiger partial charge in [0.25, 0.3) is 0 Å². The second-order valence-electron chi connectivity index (χ2n) is 5.84. The van der Waals surface area contributed by atoms with E-state index in [9.17, 15) is 9.90 Å². The van der Waals surface area contributed by atoms with Gasteiger partial charge in [0.05, 0.1) is 12.0 Å². The molecule has 1 saturated heterocycles. The number of esters is 1. The monoisotopic (exact) mass is 260 g/mol. The summed E-state index contributed by atoms with van der Waals surface area (Å²) >= 11 is 0. The number of rotatable bonds is 5. The van der Waals surface area contributed by atoms with Crippen LogP contribution in [0, 0.1) is 11.8 Å². The molecule has 3 heteroatoms. The summed E-state index contributed by atoms with van der Waals surface area (Å²) in [6.45, 7) is 0. The van der Waals surface area contributed by atoms with Crippen LogP contribution in [-0.2, 0) is 16.0 Å². The maximum atomic E-state index is 11.8. The molecule has 0 aromatic heterocycles. The average Bonchev–Trinajstić information content (AvgIpc) is 3.14. The first-order chi connectivity index (χ1) is 9.22. The van der Waals surface area contributed by atoms with Crippen LogP contribution in [0.25, 0.3) is 0 Å². The van der Waals surface area contributed by atoms with Crippen LogP contribution in [0.3, 0.4) is 0 Å². The number of hydrogen-bond donors (Lipinski definition) is 1. The molecule has 3 nitrogen and oxygen atoms in total. The maximum absolute atomic E-state index is 11.8. The molecule has 1 heterocycles. The molecule has 1 aliphatic carbocycles. The topological polar surface area (TPSA) is 46.5 Å². The van der Waals surface area contributed by atoms with Gasteiger partial charge in [0.15, 0.2) is 0 Å². The van der Waals surface area contributed by atoms with Gasteiger partial charge in [-0.05, 0) is 17.9 Å². The minimum Gasteiger partial charge on any atom is -0.459 e. The SMILES string of the molecule is O=C1OC(C(O)Cc2ccccc2)CC1CC1CC1. The molecule has 102 valence electrons. The van der Waals surface area contributed by atoms with E-state index in [0.29, 0.717) is 12.8 Å². The van der Waals surface area contributed by atoms with Gasteiger partial charge in [-0.3, -0.25) is 4.79 Å². The number of cyclic esters (lactones) is 1. The Bertz CT molecular complexity index is 439. The number of aliphatic hydroxyl groups excluding tert-OH is 1. The molecule has 1 aliphatic heterocycles. The molecule has 1 aromatic rings. The Morgan fingerprint density at radius 1 is 1.26 bits per heavy atom. The number of aliphatic hydroxyl groups is 1. The largest absolute Gasteiger partial charge is 0.459 e. The predicted octanol–water partition coefficient (Wildman–Crippen LogP) is 2.32.